The molecule has 0 amide bonds. The molecule has 1 fully saturated rings. The predicted octanol–water partition coefficient (Wildman–Crippen LogP) is 8.40. The van der Waals surface area contributed by atoms with Crippen molar-refractivity contribution in [2.24, 2.45) is 0 Å². The number of para-hydroxylation sites is 2. The third kappa shape index (κ3) is 9.43. The third-order valence-electron chi connectivity index (χ3n) is 10.7. The molecule has 62 heavy (non-hydrogen) atoms. The van der Waals surface area contributed by atoms with E-state index in [0.717, 1.165) is 55.0 Å². The van der Waals surface area contributed by atoms with Crippen LogP contribution in [0.5, 0.6) is 28.9 Å². The normalized spacial score (nSPS) is 13.4. The first-order chi connectivity index (χ1) is 30.3. The molecule has 4 aromatic carbocycles. The monoisotopic (exact) mass is 872 g/mol. The summed E-state index contributed by atoms with van der Waals surface area (Å²) in [6, 6.07) is 28.0. The molecule has 0 bridgehead atoms. The van der Waals surface area contributed by atoms with E-state index in [1.54, 1.807) is 38.7 Å². The number of nitrogens with one attached hydrogen (secondary N) is 1. The van der Waals surface area contributed by atoms with Crippen molar-refractivity contribution >= 4 is 39.2 Å². The van der Waals surface area contributed by atoms with Crippen molar-refractivity contribution in [1.29, 1.82) is 0 Å². The molecule has 1 aliphatic rings. The van der Waals surface area contributed by atoms with Crippen LogP contribution in [0.15, 0.2) is 103 Å². The van der Waals surface area contributed by atoms with Gasteiger partial charge in [0.05, 0.1) is 46.3 Å². The molecule has 1 saturated heterocycles. The molecule has 0 saturated carbocycles. The number of halogens is 1. The van der Waals surface area contributed by atoms with Crippen molar-refractivity contribution in [2.45, 2.75) is 26.1 Å². The molecule has 1 atom stereocenters. The third-order valence-corrected chi connectivity index (χ3v) is 11.9. The van der Waals surface area contributed by atoms with Crippen molar-refractivity contribution in [3.63, 3.8) is 0 Å². The molecule has 13 nitrogen and oxygen atoms in total. The van der Waals surface area contributed by atoms with Crippen molar-refractivity contribution < 1.29 is 33.6 Å². The minimum atomic E-state index is -1.33. The lowest BCUT2D eigenvalue weighted by Gasteiger charge is -2.27. The number of ether oxygens (including phenoxy) is 5. The van der Waals surface area contributed by atoms with Crippen LogP contribution in [0.4, 0.5) is 0 Å². The van der Waals surface area contributed by atoms with Gasteiger partial charge in [-0.15, -0.1) is 0 Å². The molecule has 7 aromatic rings. The standard InChI is InChI=1S/C47H45ClN6O7S/c1-29-34(15-16-38(43(29)48)59-24-23-54-21-19-49-20-22-54)41-42-40(27-51-44(41)31-10-8-11-33(25-31)57-2)62-53-46(42)61-39(47(55)56)26-30-9-4-6-13-36(30)60-28-32-17-18-50-45(52-32)35-12-5-7-14-37(35)58-3/h4-18,25,27,39,49H,19-24,26,28H2,1-3H3,(H,55,56)/t39-/m1/s1. The second kappa shape index (κ2) is 19.6. The molecule has 8 rings (SSSR count). The van der Waals surface area contributed by atoms with Crippen LogP contribution in [0.25, 0.3) is 43.9 Å². The Labute approximate surface area is 368 Å². The topological polar surface area (TPSA) is 150 Å². The van der Waals surface area contributed by atoms with Gasteiger partial charge in [0.25, 0.3) is 0 Å². The van der Waals surface area contributed by atoms with E-state index in [2.05, 4.69) is 19.6 Å². The molecule has 0 unspecified atom stereocenters. The number of methoxy groups -OCH3 is 2. The van der Waals surface area contributed by atoms with Gasteiger partial charge in [0, 0.05) is 62.7 Å². The number of hydrogen-bond acceptors (Lipinski definition) is 13. The summed E-state index contributed by atoms with van der Waals surface area (Å²) in [5.74, 6) is 1.88. The van der Waals surface area contributed by atoms with E-state index in [-0.39, 0.29) is 18.9 Å². The lowest BCUT2D eigenvalue weighted by atomic mass is 9.93. The molecule has 0 aliphatic carbocycles. The number of rotatable bonds is 17. The molecule has 2 N–H and O–H groups in total. The number of hydrogen-bond donors (Lipinski definition) is 2. The minimum Gasteiger partial charge on any atom is -0.497 e. The highest BCUT2D eigenvalue weighted by Gasteiger charge is 2.28. The van der Waals surface area contributed by atoms with Crippen LogP contribution in [-0.4, -0.2) is 95.0 Å². The van der Waals surface area contributed by atoms with E-state index in [1.165, 1.54) is 11.5 Å². The number of piperazine rings is 1. The maximum absolute atomic E-state index is 13.0. The zero-order valence-electron chi connectivity index (χ0n) is 34.5. The van der Waals surface area contributed by atoms with Gasteiger partial charge < -0.3 is 34.1 Å². The van der Waals surface area contributed by atoms with Gasteiger partial charge in [-0.1, -0.05) is 60.1 Å². The van der Waals surface area contributed by atoms with Gasteiger partial charge >= 0.3 is 5.97 Å². The smallest absolute Gasteiger partial charge is 0.345 e. The highest BCUT2D eigenvalue weighted by molar-refractivity contribution is 7.13. The zero-order chi connectivity index (χ0) is 43.0. The average Bonchev–Trinajstić information content (AvgIpc) is 3.72. The number of aliphatic carboxylic acids is 1. The first-order valence-electron chi connectivity index (χ1n) is 20.1. The van der Waals surface area contributed by atoms with E-state index >= 15 is 0 Å². The fourth-order valence-electron chi connectivity index (χ4n) is 7.42. The molecule has 0 spiro atoms. The molecule has 318 valence electrons. The second-order valence-electron chi connectivity index (χ2n) is 14.5. The quantitative estimate of drug-likeness (QED) is 0.0903. The summed E-state index contributed by atoms with van der Waals surface area (Å²) in [7, 11) is 3.21. The van der Waals surface area contributed by atoms with E-state index in [0.29, 0.717) is 73.1 Å². The summed E-state index contributed by atoms with van der Waals surface area (Å²) >= 11 is 8.27. The summed E-state index contributed by atoms with van der Waals surface area (Å²) in [5.41, 5.74) is 5.65. The van der Waals surface area contributed by atoms with Crippen molar-refractivity contribution in [3.05, 3.63) is 125 Å². The lowest BCUT2D eigenvalue weighted by Crippen LogP contribution is -2.44. The molecule has 1 aliphatic heterocycles. The fourth-order valence-corrected chi connectivity index (χ4v) is 8.34. The van der Waals surface area contributed by atoms with Gasteiger partial charge in [0.1, 0.15) is 36.2 Å². The number of aromatic nitrogens is 4. The van der Waals surface area contributed by atoms with E-state index < -0.39 is 12.1 Å². The lowest BCUT2D eigenvalue weighted by molar-refractivity contribution is -0.145. The molecule has 15 heteroatoms. The summed E-state index contributed by atoms with van der Waals surface area (Å²) in [5, 5.41) is 15.1. The Bertz CT molecular complexity index is 2690. The van der Waals surface area contributed by atoms with Gasteiger partial charge in [0.15, 0.2) is 5.82 Å². The number of carbonyl (C=O) groups is 1. The summed E-state index contributed by atoms with van der Waals surface area (Å²) < 4.78 is 35.4. The number of fused-ring (bicyclic) bond motifs is 1. The summed E-state index contributed by atoms with van der Waals surface area (Å²) in [6.07, 6.45) is 2.05. The first-order valence-corrected chi connectivity index (χ1v) is 21.3. The van der Waals surface area contributed by atoms with Gasteiger partial charge in [0.2, 0.25) is 12.0 Å². The zero-order valence-corrected chi connectivity index (χ0v) is 36.0. The van der Waals surface area contributed by atoms with Gasteiger partial charge in [-0.25, -0.2) is 14.8 Å². The highest BCUT2D eigenvalue weighted by atomic mass is 35.5. The second-order valence-corrected chi connectivity index (χ2v) is 15.7. The Morgan fingerprint density at radius 1 is 0.903 bits per heavy atom. The first kappa shape index (κ1) is 42.4. The van der Waals surface area contributed by atoms with Gasteiger partial charge in [-0.05, 0) is 77.6 Å². The Balaban J connectivity index is 1.10. The van der Waals surface area contributed by atoms with Crippen LogP contribution < -0.4 is 29.0 Å². The highest BCUT2D eigenvalue weighted by Crippen LogP contribution is 2.46. The Hall–Kier alpha value is -6.32. The van der Waals surface area contributed by atoms with Gasteiger partial charge in [-0.2, -0.15) is 4.37 Å². The number of carboxylic acid groups (broad SMARTS) is 1. The van der Waals surface area contributed by atoms with E-state index in [4.69, 9.17) is 45.3 Å². The summed E-state index contributed by atoms with van der Waals surface area (Å²) in [4.78, 5) is 29.5. The van der Waals surface area contributed by atoms with Crippen LogP contribution in [0.3, 0.4) is 0 Å². The summed E-state index contributed by atoms with van der Waals surface area (Å²) in [6.45, 7) is 7.19. The Morgan fingerprint density at radius 2 is 1.71 bits per heavy atom. The SMILES string of the molecule is COc1cccc(-c2ncc3snc(O[C@H](Cc4ccccc4OCc4ccnc(-c5ccccc5OC)n4)C(=O)O)c3c2-c2ccc(OCCN3CCNCC3)c(Cl)c2C)c1. The maximum atomic E-state index is 13.0. The molecule has 0 radical (unpaired) electrons. The van der Waals surface area contributed by atoms with Crippen molar-refractivity contribution in [3.8, 4) is 62.7 Å². The Kier molecular flexibility index (Phi) is 13.4. The van der Waals surface area contributed by atoms with Crippen molar-refractivity contribution in [1.82, 2.24) is 29.5 Å². The van der Waals surface area contributed by atoms with Crippen LogP contribution in [0.1, 0.15) is 16.8 Å². The largest absolute Gasteiger partial charge is 0.497 e. The molecule has 3 aromatic heterocycles. The van der Waals surface area contributed by atoms with Crippen LogP contribution in [0, 0.1) is 6.92 Å². The number of nitrogens with zero attached hydrogens (tertiary/aromatic N) is 5. The predicted molar refractivity (Wildman–Crippen MR) is 240 cm³/mol. The van der Waals surface area contributed by atoms with Gasteiger partial charge in [-0.3, -0.25) is 9.88 Å². The molecule has 4 heterocycles. The van der Waals surface area contributed by atoms with E-state index in [1.807, 2.05) is 85.8 Å². The number of pyridine rings is 1. The maximum Gasteiger partial charge on any atom is 0.345 e. The van der Waals surface area contributed by atoms with Crippen LogP contribution >= 0.6 is 23.1 Å². The van der Waals surface area contributed by atoms with Crippen molar-refractivity contribution in [2.75, 3.05) is 53.6 Å². The van der Waals surface area contributed by atoms with Crippen LogP contribution in [-0.2, 0) is 17.8 Å². The van der Waals surface area contributed by atoms with Crippen LogP contribution in [0.2, 0.25) is 5.02 Å². The average molecular weight is 873 g/mol. The molecular formula is C47H45ClN6O7S. The van der Waals surface area contributed by atoms with E-state index in [9.17, 15) is 9.90 Å². The fraction of sp³-hybridized carbons (Fsp3) is 0.255. The number of carboxylic acids is 1. The minimum absolute atomic E-state index is 0.0191. The number of benzene rings is 4. The molecular weight excluding hydrogens is 828 g/mol. The Morgan fingerprint density at radius 3 is 2.52 bits per heavy atom.